The van der Waals surface area contributed by atoms with Gasteiger partial charge in [0.05, 0.1) is 22.1 Å². The lowest BCUT2D eigenvalue weighted by atomic mass is 10.1. The van der Waals surface area contributed by atoms with Crippen molar-refractivity contribution in [3.63, 3.8) is 0 Å². The molecule has 0 aliphatic heterocycles. The van der Waals surface area contributed by atoms with Crippen LogP contribution < -0.4 is 16.1 Å². The lowest BCUT2D eigenvalue weighted by Crippen LogP contribution is -2.21. The molecule has 0 aliphatic rings. The second-order valence-electron chi connectivity index (χ2n) is 9.01. The number of rotatable bonds is 11. The minimum absolute atomic E-state index is 0.0687. The summed E-state index contributed by atoms with van der Waals surface area (Å²) in [6, 6.07) is 11.9. The second-order valence-corrected chi connectivity index (χ2v) is 9.01. The van der Waals surface area contributed by atoms with Crippen molar-refractivity contribution in [2.75, 3.05) is 59.7 Å². The summed E-state index contributed by atoms with van der Waals surface area (Å²) in [5.41, 5.74) is 3.71. The Morgan fingerprint density at radius 3 is 2.38 bits per heavy atom. The van der Waals surface area contributed by atoms with Gasteiger partial charge in [-0.15, -0.1) is 0 Å². The van der Waals surface area contributed by atoms with Crippen LogP contribution in [0.15, 0.2) is 41.2 Å². The van der Waals surface area contributed by atoms with Gasteiger partial charge in [-0.1, -0.05) is 12.1 Å². The highest BCUT2D eigenvalue weighted by molar-refractivity contribution is 6.08. The van der Waals surface area contributed by atoms with Gasteiger partial charge < -0.3 is 20.4 Å². The Labute approximate surface area is 189 Å². The van der Waals surface area contributed by atoms with Crippen molar-refractivity contribution in [3.05, 3.63) is 52.3 Å². The van der Waals surface area contributed by atoms with Gasteiger partial charge in [0, 0.05) is 29.5 Å². The summed E-state index contributed by atoms with van der Waals surface area (Å²) in [5, 5.41) is 14.5. The summed E-state index contributed by atoms with van der Waals surface area (Å²) in [4.78, 5) is 17.9. The maximum atomic E-state index is 13.5. The first-order valence-electron chi connectivity index (χ1n) is 11.4. The number of hydrogen-bond donors (Lipinski definition) is 2. The Bertz CT molecular complexity index is 1250. The average molecular weight is 435 g/mol. The molecule has 0 amide bonds. The Morgan fingerprint density at radius 1 is 0.906 bits per heavy atom. The molecule has 0 aliphatic carbocycles. The first-order chi connectivity index (χ1) is 15.5. The predicted molar refractivity (Wildman–Crippen MR) is 134 cm³/mol. The molecule has 7 nitrogen and oxygen atoms in total. The summed E-state index contributed by atoms with van der Waals surface area (Å²) in [6.07, 6.45) is 2.09. The molecule has 0 saturated heterocycles. The number of pyridine rings is 1. The molecule has 0 bridgehead atoms. The van der Waals surface area contributed by atoms with Crippen LogP contribution in [0, 0.1) is 0 Å². The monoisotopic (exact) mass is 434 g/mol. The standard InChI is InChI=1S/C25H34N6O/c1-29(2)15-7-13-26-17-21-18-11-12-20(27-14-8-16-30(3)4)23-24(18)31(28-21)22-10-6-5-9-19(22)25(23)32/h5-6,9-12,26-27H,7-8,13-17H2,1-4H3. The third kappa shape index (κ3) is 4.55. The van der Waals surface area contributed by atoms with Crippen molar-refractivity contribution in [1.29, 1.82) is 0 Å². The van der Waals surface area contributed by atoms with E-state index in [0.29, 0.717) is 11.9 Å². The van der Waals surface area contributed by atoms with Gasteiger partial charge in [-0.3, -0.25) is 4.79 Å². The van der Waals surface area contributed by atoms with E-state index < -0.39 is 0 Å². The predicted octanol–water partition coefficient (Wildman–Crippen LogP) is 2.84. The first-order valence-corrected chi connectivity index (χ1v) is 11.4. The third-order valence-electron chi connectivity index (χ3n) is 5.87. The van der Waals surface area contributed by atoms with E-state index in [1.54, 1.807) is 0 Å². The van der Waals surface area contributed by atoms with E-state index in [1.165, 1.54) is 0 Å². The minimum atomic E-state index is 0.0687. The number of nitrogens with zero attached hydrogens (tertiary/aromatic N) is 4. The fourth-order valence-electron chi connectivity index (χ4n) is 4.28. The Hall–Kier alpha value is -2.74. The van der Waals surface area contributed by atoms with Gasteiger partial charge in [-0.05, 0) is 84.9 Å². The second kappa shape index (κ2) is 9.81. The number of benzene rings is 2. The molecule has 4 aromatic rings. The molecule has 2 N–H and O–H groups in total. The maximum Gasteiger partial charge on any atom is 0.199 e. The van der Waals surface area contributed by atoms with Crippen molar-refractivity contribution >= 4 is 32.9 Å². The van der Waals surface area contributed by atoms with Crippen LogP contribution in [0.1, 0.15) is 18.5 Å². The van der Waals surface area contributed by atoms with E-state index in [4.69, 9.17) is 5.10 Å². The van der Waals surface area contributed by atoms with Crippen molar-refractivity contribution < 1.29 is 0 Å². The summed E-state index contributed by atoms with van der Waals surface area (Å²) >= 11 is 0. The molecule has 2 heterocycles. The van der Waals surface area contributed by atoms with E-state index in [2.05, 4.69) is 54.7 Å². The van der Waals surface area contributed by atoms with Gasteiger partial charge in [-0.2, -0.15) is 5.10 Å². The highest BCUT2D eigenvalue weighted by atomic mass is 16.1. The molecule has 2 aromatic heterocycles. The minimum Gasteiger partial charge on any atom is -0.384 e. The average Bonchev–Trinajstić information content (AvgIpc) is 3.14. The Balaban J connectivity index is 1.72. The molecule has 170 valence electrons. The van der Waals surface area contributed by atoms with Crippen LogP contribution in [0.3, 0.4) is 0 Å². The number of hydrogen-bond acceptors (Lipinski definition) is 6. The SMILES string of the molecule is CN(C)CCCNCc1nn2c3ccccc3c(=O)c3c(NCCCN(C)C)ccc1c32. The zero-order valence-corrected chi connectivity index (χ0v) is 19.6. The lowest BCUT2D eigenvalue weighted by molar-refractivity contribution is 0.394. The van der Waals surface area contributed by atoms with E-state index >= 15 is 0 Å². The van der Waals surface area contributed by atoms with E-state index in [0.717, 1.165) is 72.2 Å². The molecular formula is C25H34N6O. The molecule has 0 fully saturated rings. The Morgan fingerprint density at radius 2 is 1.62 bits per heavy atom. The summed E-state index contributed by atoms with van der Waals surface area (Å²) in [5.74, 6) is 0. The molecule has 0 atom stereocenters. The molecule has 0 spiro atoms. The molecule has 4 rings (SSSR count). The van der Waals surface area contributed by atoms with Crippen molar-refractivity contribution in [2.45, 2.75) is 19.4 Å². The van der Waals surface area contributed by atoms with E-state index in [9.17, 15) is 4.79 Å². The number of anilines is 1. The smallest absolute Gasteiger partial charge is 0.199 e. The highest BCUT2D eigenvalue weighted by Gasteiger charge is 2.19. The van der Waals surface area contributed by atoms with Crippen LogP contribution in [0.2, 0.25) is 0 Å². The Kier molecular flexibility index (Phi) is 6.89. The van der Waals surface area contributed by atoms with Gasteiger partial charge in [0.25, 0.3) is 0 Å². The molecule has 32 heavy (non-hydrogen) atoms. The number of fused-ring (bicyclic) bond motifs is 2. The zero-order valence-electron chi connectivity index (χ0n) is 19.6. The van der Waals surface area contributed by atoms with Crippen molar-refractivity contribution in [2.24, 2.45) is 0 Å². The van der Waals surface area contributed by atoms with Gasteiger partial charge in [0.1, 0.15) is 0 Å². The number of nitrogens with one attached hydrogen (secondary N) is 2. The van der Waals surface area contributed by atoms with Gasteiger partial charge in [0.2, 0.25) is 0 Å². The van der Waals surface area contributed by atoms with Crippen molar-refractivity contribution in [1.82, 2.24) is 24.7 Å². The fraction of sp³-hybridized carbons (Fsp3) is 0.440. The number of para-hydroxylation sites is 1. The molecular weight excluding hydrogens is 400 g/mol. The van der Waals surface area contributed by atoms with Crippen LogP contribution >= 0.6 is 0 Å². The van der Waals surface area contributed by atoms with Gasteiger partial charge in [-0.25, -0.2) is 4.52 Å². The van der Waals surface area contributed by atoms with Gasteiger partial charge in [0.15, 0.2) is 5.43 Å². The van der Waals surface area contributed by atoms with Crippen LogP contribution in [0.5, 0.6) is 0 Å². The first kappa shape index (κ1) is 22.5. The molecule has 2 aromatic carbocycles. The van der Waals surface area contributed by atoms with Crippen molar-refractivity contribution in [3.8, 4) is 0 Å². The summed E-state index contributed by atoms with van der Waals surface area (Å²) < 4.78 is 1.96. The van der Waals surface area contributed by atoms with Crippen LogP contribution in [0.4, 0.5) is 5.69 Å². The van der Waals surface area contributed by atoms with Gasteiger partial charge >= 0.3 is 0 Å². The molecule has 0 radical (unpaired) electrons. The summed E-state index contributed by atoms with van der Waals surface area (Å²) in [6.45, 7) is 4.49. The molecule has 0 unspecified atom stereocenters. The third-order valence-corrected chi connectivity index (χ3v) is 5.87. The lowest BCUT2D eigenvalue weighted by Gasteiger charge is -2.13. The topological polar surface area (TPSA) is 64.9 Å². The highest BCUT2D eigenvalue weighted by Crippen LogP contribution is 2.31. The normalized spacial score (nSPS) is 12.2. The summed E-state index contributed by atoms with van der Waals surface area (Å²) in [7, 11) is 8.33. The zero-order chi connectivity index (χ0) is 22.7. The number of aromatic nitrogens is 2. The fourth-order valence-corrected chi connectivity index (χ4v) is 4.28. The largest absolute Gasteiger partial charge is 0.384 e. The van der Waals surface area contributed by atoms with E-state index in [1.807, 2.05) is 34.8 Å². The van der Waals surface area contributed by atoms with E-state index in [-0.39, 0.29) is 5.43 Å². The maximum absolute atomic E-state index is 13.5. The molecule has 0 saturated carbocycles. The molecule has 7 heteroatoms. The van der Waals surface area contributed by atoms with Crippen LogP contribution in [-0.4, -0.2) is 73.8 Å². The quantitative estimate of drug-likeness (QED) is 0.280. The van der Waals surface area contributed by atoms with Crippen LogP contribution in [0.25, 0.3) is 27.2 Å². The van der Waals surface area contributed by atoms with Crippen LogP contribution in [-0.2, 0) is 6.54 Å².